The van der Waals surface area contributed by atoms with Crippen molar-refractivity contribution in [2.75, 3.05) is 6.61 Å². The number of hydrogen-bond donors (Lipinski definition) is 0. The number of likely N-dealkylation sites (tertiary alicyclic amines) is 1. The third-order valence-corrected chi connectivity index (χ3v) is 10.8. The van der Waals surface area contributed by atoms with E-state index < -0.39 is 14.4 Å². The van der Waals surface area contributed by atoms with Crippen molar-refractivity contribution in [3.63, 3.8) is 0 Å². The van der Waals surface area contributed by atoms with Gasteiger partial charge in [0.2, 0.25) is 11.8 Å². The Morgan fingerprint density at radius 1 is 0.967 bits per heavy atom. The van der Waals surface area contributed by atoms with Crippen LogP contribution < -0.4 is 10.4 Å². The van der Waals surface area contributed by atoms with E-state index in [1.807, 2.05) is 36.4 Å². The Balaban J connectivity index is 2.04. The summed E-state index contributed by atoms with van der Waals surface area (Å²) in [5.41, 5.74) is 0. The highest BCUT2D eigenvalue weighted by molar-refractivity contribution is 6.99. The van der Waals surface area contributed by atoms with Gasteiger partial charge in [-0.25, -0.2) is 0 Å². The van der Waals surface area contributed by atoms with Gasteiger partial charge in [-0.1, -0.05) is 87.5 Å². The highest BCUT2D eigenvalue weighted by Gasteiger charge is 2.50. The van der Waals surface area contributed by atoms with Gasteiger partial charge in [-0.05, 0) is 21.8 Å². The predicted octanol–water partition coefficient (Wildman–Crippen LogP) is 3.66. The van der Waals surface area contributed by atoms with Crippen molar-refractivity contribution in [2.45, 2.75) is 51.1 Å². The van der Waals surface area contributed by atoms with Gasteiger partial charge < -0.3 is 4.43 Å². The van der Waals surface area contributed by atoms with Crippen LogP contribution in [0, 0.1) is 0 Å². The standard InChI is InChI=1S/C25H31NO3Si/c1-5-20(26-23(27)17-12-18-24(26)28)19-29-30(25(2,3)4,21-13-8-6-9-14-21)22-15-10-7-11-16-22/h5-11,13-16,20H,1,12,17-19H2,2-4H3/t20-/m1/s1. The second-order valence-electron chi connectivity index (χ2n) is 8.79. The summed E-state index contributed by atoms with van der Waals surface area (Å²) in [6.07, 6.45) is 3.08. The third-order valence-electron chi connectivity index (χ3n) is 5.81. The van der Waals surface area contributed by atoms with Crippen LogP contribution in [0.3, 0.4) is 0 Å². The number of nitrogens with zero attached hydrogens (tertiary/aromatic N) is 1. The lowest BCUT2D eigenvalue weighted by atomic mass is 10.1. The van der Waals surface area contributed by atoms with Gasteiger partial charge in [0.05, 0.1) is 12.6 Å². The molecular formula is C25H31NO3Si. The molecule has 0 aromatic heterocycles. The van der Waals surface area contributed by atoms with Crippen LogP contribution in [0.25, 0.3) is 0 Å². The van der Waals surface area contributed by atoms with Gasteiger partial charge in [0.25, 0.3) is 8.32 Å². The lowest BCUT2D eigenvalue weighted by Gasteiger charge is -2.44. The highest BCUT2D eigenvalue weighted by atomic mass is 28.4. The molecule has 30 heavy (non-hydrogen) atoms. The van der Waals surface area contributed by atoms with Crippen LogP contribution in [0.5, 0.6) is 0 Å². The van der Waals surface area contributed by atoms with Gasteiger partial charge >= 0.3 is 0 Å². The van der Waals surface area contributed by atoms with E-state index >= 15 is 0 Å². The van der Waals surface area contributed by atoms with Crippen LogP contribution in [0.15, 0.2) is 73.3 Å². The number of amides is 2. The Hall–Kier alpha value is -2.50. The van der Waals surface area contributed by atoms with E-state index in [2.05, 4.69) is 51.6 Å². The van der Waals surface area contributed by atoms with Gasteiger partial charge in [0, 0.05) is 12.8 Å². The molecule has 1 heterocycles. The van der Waals surface area contributed by atoms with Crippen molar-refractivity contribution in [2.24, 2.45) is 0 Å². The molecule has 3 rings (SSSR count). The van der Waals surface area contributed by atoms with Crippen molar-refractivity contribution in [3.8, 4) is 0 Å². The number of carbonyl (C=O) groups is 2. The van der Waals surface area contributed by atoms with E-state index in [4.69, 9.17) is 4.43 Å². The molecule has 1 atom stereocenters. The van der Waals surface area contributed by atoms with Crippen molar-refractivity contribution in [1.82, 2.24) is 4.90 Å². The number of benzene rings is 2. The molecule has 0 saturated carbocycles. The first kappa shape index (κ1) is 22.2. The third kappa shape index (κ3) is 4.18. The van der Waals surface area contributed by atoms with Gasteiger partial charge in [-0.2, -0.15) is 0 Å². The predicted molar refractivity (Wildman–Crippen MR) is 123 cm³/mol. The van der Waals surface area contributed by atoms with Crippen molar-refractivity contribution in [3.05, 3.63) is 73.3 Å². The summed E-state index contributed by atoms with van der Waals surface area (Å²) in [5, 5.41) is 2.17. The average molecular weight is 422 g/mol. The quantitative estimate of drug-likeness (QED) is 0.389. The number of imide groups is 1. The van der Waals surface area contributed by atoms with Crippen molar-refractivity contribution in [1.29, 1.82) is 0 Å². The summed E-state index contributed by atoms with van der Waals surface area (Å²) in [7, 11) is -2.73. The largest absolute Gasteiger partial charge is 0.405 e. The molecule has 5 heteroatoms. The first-order valence-electron chi connectivity index (χ1n) is 10.5. The van der Waals surface area contributed by atoms with Gasteiger partial charge in [0.1, 0.15) is 0 Å². The Labute approximate surface area is 180 Å². The van der Waals surface area contributed by atoms with E-state index in [1.54, 1.807) is 6.08 Å². The Morgan fingerprint density at radius 2 is 1.43 bits per heavy atom. The Bertz CT molecular complexity index is 834. The normalized spacial score (nSPS) is 16.4. The minimum Gasteiger partial charge on any atom is -0.405 e. The fraction of sp³-hybridized carbons (Fsp3) is 0.360. The van der Waals surface area contributed by atoms with Gasteiger partial charge in [0.15, 0.2) is 0 Å². The van der Waals surface area contributed by atoms with Crippen molar-refractivity contribution < 1.29 is 14.0 Å². The minimum absolute atomic E-state index is 0.137. The maximum atomic E-state index is 12.5. The summed E-state index contributed by atoms with van der Waals surface area (Å²) in [6.45, 7) is 10.8. The minimum atomic E-state index is -2.73. The van der Waals surface area contributed by atoms with Crippen LogP contribution in [0.2, 0.25) is 5.04 Å². The number of rotatable bonds is 7. The van der Waals surface area contributed by atoms with Crippen LogP contribution in [0.4, 0.5) is 0 Å². The molecule has 0 radical (unpaired) electrons. The summed E-state index contributed by atoms with van der Waals surface area (Å²) in [6, 6.07) is 20.2. The molecule has 1 fully saturated rings. The molecule has 1 aliphatic heterocycles. The maximum absolute atomic E-state index is 12.5. The molecule has 2 aromatic carbocycles. The molecule has 0 unspecified atom stereocenters. The van der Waals surface area contributed by atoms with E-state index in [1.165, 1.54) is 15.3 Å². The van der Waals surface area contributed by atoms with Gasteiger partial charge in [-0.3, -0.25) is 14.5 Å². The Morgan fingerprint density at radius 3 is 1.83 bits per heavy atom. The van der Waals surface area contributed by atoms with Crippen LogP contribution in [0.1, 0.15) is 40.0 Å². The number of piperidine rings is 1. The van der Waals surface area contributed by atoms with Crippen LogP contribution in [-0.2, 0) is 14.0 Å². The lowest BCUT2D eigenvalue weighted by molar-refractivity contribution is -0.150. The highest BCUT2D eigenvalue weighted by Crippen LogP contribution is 2.37. The van der Waals surface area contributed by atoms with E-state index in [-0.39, 0.29) is 23.5 Å². The molecule has 2 aromatic rings. The van der Waals surface area contributed by atoms with Crippen LogP contribution >= 0.6 is 0 Å². The fourth-order valence-corrected chi connectivity index (χ4v) is 8.94. The molecule has 4 nitrogen and oxygen atoms in total. The first-order chi connectivity index (χ1) is 14.3. The summed E-state index contributed by atoms with van der Waals surface area (Å²) >= 11 is 0. The molecule has 0 spiro atoms. The second kappa shape index (κ2) is 9.10. The smallest absolute Gasteiger partial charge is 0.261 e. The molecule has 2 amide bonds. The Kier molecular flexibility index (Phi) is 6.73. The second-order valence-corrected chi connectivity index (χ2v) is 13.1. The zero-order valence-corrected chi connectivity index (χ0v) is 19.1. The molecular weight excluding hydrogens is 390 g/mol. The maximum Gasteiger partial charge on any atom is 0.261 e. The summed E-state index contributed by atoms with van der Waals surface area (Å²) < 4.78 is 6.89. The topological polar surface area (TPSA) is 46.6 Å². The molecule has 0 bridgehead atoms. The van der Waals surface area contributed by atoms with Gasteiger partial charge in [-0.15, -0.1) is 6.58 Å². The van der Waals surface area contributed by atoms with E-state index in [9.17, 15) is 9.59 Å². The number of carbonyl (C=O) groups excluding carboxylic acids is 2. The zero-order chi connectivity index (χ0) is 21.8. The monoisotopic (exact) mass is 421 g/mol. The first-order valence-corrected chi connectivity index (χ1v) is 12.4. The molecule has 0 aliphatic carbocycles. The summed E-state index contributed by atoms with van der Waals surface area (Å²) in [5.74, 6) is -0.274. The van der Waals surface area contributed by atoms with E-state index in [0.717, 1.165) is 0 Å². The zero-order valence-electron chi connectivity index (χ0n) is 18.1. The SMILES string of the molecule is C=C[C@H](CO[Si](c1ccccc1)(c1ccccc1)C(C)(C)C)N1C(=O)CCCC1=O. The van der Waals surface area contributed by atoms with Crippen molar-refractivity contribution >= 4 is 30.5 Å². The fourth-order valence-electron chi connectivity index (χ4n) is 4.36. The molecule has 158 valence electrons. The average Bonchev–Trinajstić information content (AvgIpc) is 2.73. The summed E-state index contributed by atoms with van der Waals surface area (Å²) in [4.78, 5) is 26.3. The molecule has 1 aliphatic rings. The molecule has 1 saturated heterocycles. The molecule has 0 N–H and O–H groups in total. The van der Waals surface area contributed by atoms with E-state index in [0.29, 0.717) is 19.3 Å². The lowest BCUT2D eigenvalue weighted by Crippen LogP contribution is -2.67. The van der Waals surface area contributed by atoms with Crippen LogP contribution in [-0.4, -0.2) is 37.7 Å². The number of hydrogen-bond acceptors (Lipinski definition) is 3.